The highest BCUT2D eigenvalue weighted by Gasteiger charge is 2.35. The number of ether oxygens (including phenoxy) is 3. The molecule has 0 spiro atoms. The van der Waals surface area contributed by atoms with E-state index in [-0.39, 0.29) is 5.91 Å². The van der Waals surface area contributed by atoms with Crippen LogP contribution in [0.15, 0.2) is 41.6 Å². The maximum absolute atomic E-state index is 12.0. The summed E-state index contributed by atoms with van der Waals surface area (Å²) < 4.78 is 16.6. The number of aryl methyl sites for hydroxylation is 1. The topological polar surface area (TPSA) is 73.3 Å². The van der Waals surface area contributed by atoms with Crippen LogP contribution in [0.1, 0.15) is 30.0 Å². The van der Waals surface area contributed by atoms with Gasteiger partial charge in [-0.25, -0.2) is 0 Å². The Morgan fingerprint density at radius 1 is 1.20 bits per heavy atom. The lowest BCUT2D eigenvalue weighted by molar-refractivity contribution is -0.135. The molecule has 0 saturated carbocycles. The van der Waals surface area contributed by atoms with Gasteiger partial charge in [0.25, 0.3) is 0 Å². The minimum Gasteiger partial charge on any atom is -0.497 e. The van der Waals surface area contributed by atoms with Crippen LogP contribution in [-0.2, 0) is 9.53 Å². The average molecular weight is 341 g/mol. The Balaban J connectivity index is 1.97. The van der Waals surface area contributed by atoms with Crippen molar-refractivity contribution in [3.8, 4) is 11.5 Å². The molecule has 0 saturated heterocycles. The van der Waals surface area contributed by atoms with E-state index < -0.39 is 6.23 Å². The van der Waals surface area contributed by atoms with E-state index in [4.69, 9.17) is 14.2 Å². The zero-order valence-corrected chi connectivity index (χ0v) is 14.5. The van der Waals surface area contributed by atoms with Crippen LogP contribution in [-0.4, -0.2) is 36.0 Å². The van der Waals surface area contributed by atoms with Gasteiger partial charge in [0.15, 0.2) is 0 Å². The molecule has 2 heterocycles. The molecule has 7 nitrogen and oxygen atoms in total. The fourth-order valence-electron chi connectivity index (χ4n) is 2.50. The van der Waals surface area contributed by atoms with Gasteiger partial charge in [0, 0.05) is 24.9 Å². The molecule has 1 unspecified atom stereocenters. The molecule has 0 fully saturated rings. The second kappa shape index (κ2) is 6.80. The molecule has 0 radical (unpaired) electrons. The summed E-state index contributed by atoms with van der Waals surface area (Å²) in [5, 5.41) is 5.61. The molecule has 1 amide bonds. The first kappa shape index (κ1) is 16.8. The summed E-state index contributed by atoms with van der Waals surface area (Å²) in [7, 11) is 3.13. The first-order valence-corrected chi connectivity index (χ1v) is 7.73. The van der Waals surface area contributed by atoms with E-state index in [2.05, 4.69) is 10.1 Å². The lowest BCUT2D eigenvalue weighted by atomic mass is 10.1. The van der Waals surface area contributed by atoms with E-state index in [9.17, 15) is 4.79 Å². The lowest BCUT2D eigenvalue weighted by Crippen LogP contribution is -2.25. The monoisotopic (exact) mass is 341 g/mol. The molecule has 0 N–H and O–H groups in total. The molecule has 7 heteroatoms. The van der Waals surface area contributed by atoms with Crippen LogP contribution in [0.4, 0.5) is 0 Å². The van der Waals surface area contributed by atoms with Crippen molar-refractivity contribution in [3.05, 3.63) is 53.3 Å². The van der Waals surface area contributed by atoms with E-state index in [0.29, 0.717) is 28.5 Å². The standard InChI is InChI=1S/C18H19N3O4/c1-11-5-6-13(10-19-11)17-20-21(12(2)22)18(25-17)15-8-7-14(23-3)9-16(15)24-4/h5-10,18H,1-4H3. The number of hydrogen-bond donors (Lipinski definition) is 0. The maximum Gasteiger partial charge on any atom is 0.243 e. The van der Waals surface area contributed by atoms with Crippen LogP contribution in [0.5, 0.6) is 11.5 Å². The van der Waals surface area contributed by atoms with Crippen LogP contribution in [0.2, 0.25) is 0 Å². The quantitative estimate of drug-likeness (QED) is 0.855. The lowest BCUT2D eigenvalue weighted by Gasteiger charge is -2.21. The smallest absolute Gasteiger partial charge is 0.243 e. The number of nitrogens with zero attached hydrogens (tertiary/aromatic N) is 3. The Morgan fingerprint density at radius 3 is 2.60 bits per heavy atom. The number of carbonyl (C=O) groups is 1. The second-order valence-electron chi connectivity index (χ2n) is 5.54. The SMILES string of the molecule is COc1ccc(C2OC(c3ccc(C)nc3)=NN2C(C)=O)c(OC)c1. The first-order chi connectivity index (χ1) is 12.0. The third-order valence-electron chi connectivity index (χ3n) is 3.83. The summed E-state index contributed by atoms with van der Waals surface area (Å²) in [5.74, 6) is 1.30. The van der Waals surface area contributed by atoms with Crippen LogP contribution < -0.4 is 9.47 Å². The molecule has 0 aliphatic carbocycles. The maximum atomic E-state index is 12.0. The summed E-state index contributed by atoms with van der Waals surface area (Å²) in [6.45, 7) is 3.33. The molecule has 1 atom stereocenters. The Bertz CT molecular complexity index is 818. The Morgan fingerprint density at radius 2 is 2.00 bits per heavy atom. The number of rotatable bonds is 4. The van der Waals surface area contributed by atoms with Crippen molar-refractivity contribution < 1.29 is 19.0 Å². The highest BCUT2D eigenvalue weighted by molar-refractivity contribution is 5.96. The summed E-state index contributed by atoms with van der Waals surface area (Å²) in [6, 6.07) is 9.03. The van der Waals surface area contributed by atoms with Gasteiger partial charge in [0.1, 0.15) is 11.5 Å². The Labute approximate surface area is 145 Å². The largest absolute Gasteiger partial charge is 0.497 e. The average Bonchev–Trinajstić information content (AvgIpc) is 3.07. The van der Waals surface area contributed by atoms with Gasteiger partial charge < -0.3 is 14.2 Å². The highest BCUT2D eigenvalue weighted by Crippen LogP contribution is 2.37. The minimum absolute atomic E-state index is 0.238. The number of hydrazone groups is 1. The molecule has 25 heavy (non-hydrogen) atoms. The van der Waals surface area contributed by atoms with Gasteiger partial charge in [-0.2, -0.15) is 5.01 Å². The van der Waals surface area contributed by atoms with Gasteiger partial charge in [0.05, 0.1) is 25.3 Å². The molecule has 1 aliphatic heterocycles. The van der Waals surface area contributed by atoms with E-state index in [1.165, 1.54) is 11.9 Å². The zero-order valence-electron chi connectivity index (χ0n) is 14.5. The van der Waals surface area contributed by atoms with E-state index in [1.807, 2.05) is 19.1 Å². The van der Waals surface area contributed by atoms with Crippen molar-refractivity contribution >= 4 is 11.8 Å². The van der Waals surface area contributed by atoms with Gasteiger partial charge in [-0.15, -0.1) is 5.10 Å². The number of amides is 1. The number of pyridine rings is 1. The number of carbonyl (C=O) groups excluding carboxylic acids is 1. The minimum atomic E-state index is -0.713. The van der Waals surface area contributed by atoms with Gasteiger partial charge in [0.2, 0.25) is 18.0 Å². The molecule has 1 aromatic carbocycles. The summed E-state index contributed by atoms with van der Waals surface area (Å²) >= 11 is 0. The third kappa shape index (κ3) is 3.26. The predicted octanol–water partition coefficient (Wildman–Crippen LogP) is 2.65. The van der Waals surface area contributed by atoms with Crippen molar-refractivity contribution in [1.82, 2.24) is 9.99 Å². The fraction of sp³-hybridized carbons (Fsp3) is 0.278. The summed E-state index contributed by atoms with van der Waals surface area (Å²) in [5.41, 5.74) is 2.27. The van der Waals surface area contributed by atoms with E-state index in [0.717, 1.165) is 5.69 Å². The fourth-order valence-corrected chi connectivity index (χ4v) is 2.50. The van der Waals surface area contributed by atoms with E-state index >= 15 is 0 Å². The van der Waals surface area contributed by atoms with Crippen molar-refractivity contribution in [1.29, 1.82) is 0 Å². The van der Waals surface area contributed by atoms with Crippen LogP contribution in [0.3, 0.4) is 0 Å². The molecule has 1 aromatic heterocycles. The zero-order chi connectivity index (χ0) is 18.0. The molecule has 3 rings (SSSR count). The molecule has 2 aromatic rings. The second-order valence-corrected chi connectivity index (χ2v) is 5.54. The van der Waals surface area contributed by atoms with Crippen molar-refractivity contribution in [2.45, 2.75) is 20.1 Å². The van der Waals surface area contributed by atoms with Crippen LogP contribution in [0, 0.1) is 6.92 Å². The summed E-state index contributed by atoms with van der Waals surface area (Å²) in [6.07, 6.45) is 0.954. The Kier molecular flexibility index (Phi) is 4.56. The predicted molar refractivity (Wildman–Crippen MR) is 91.4 cm³/mol. The third-order valence-corrected chi connectivity index (χ3v) is 3.83. The van der Waals surface area contributed by atoms with Crippen molar-refractivity contribution in [2.24, 2.45) is 5.10 Å². The number of methoxy groups -OCH3 is 2. The van der Waals surface area contributed by atoms with Crippen LogP contribution >= 0.6 is 0 Å². The normalized spacial score (nSPS) is 16.2. The highest BCUT2D eigenvalue weighted by atomic mass is 16.5. The number of hydrogen-bond acceptors (Lipinski definition) is 6. The van der Waals surface area contributed by atoms with Gasteiger partial charge in [-0.1, -0.05) is 0 Å². The van der Waals surface area contributed by atoms with Gasteiger partial charge in [-0.05, 0) is 31.2 Å². The van der Waals surface area contributed by atoms with Crippen molar-refractivity contribution in [3.63, 3.8) is 0 Å². The molecule has 130 valence electrons. The molecular formula is C18H19N3O4. The molecule has 0 bridgehead atoms. The van der Waals surface area contributed by atoms with Crippen molar-refractivity contribution in [2.75, 3.05) is 14.2 Å². The number of benzene rings is 1. The molecule has 1 aliphatic rings. The van der Waals surface area contributed by atoms with E-state index in [1.54, 1.807) is 38.6 Å². The summed E-state index contributed by atoms with van der Waals surface area (Å²) in [4.78, 5) is 16.3. The van der Waals surface area contributed by atoms with Crippen LogP contribution in [0.25, 0.3) is 0 Å². The van der Waals surface area contributed by atoms with Gasteiger partial charge >= 0.3 is 0 Å². The number of aromatic nitrogens is 1. The molecular weight excluding hydrogens is 322 g/mol. The first-order valence-electron chi connectivity index (χ1n) is 7.73. The Hall–Kier alpha value is -3.09. The van der Waals surface area contributed by atoms with Gasteiger partial charge in [-0.3, -0.25) is 9.78 Å².